The largest absolute Gasteiger partial charge is 0.491 e. The molecule has 3 nitrogen and oxygen atoms in total. The summed E-state index contributed by atoms with van der Waals surface area (Å²) in [7, 11) is 2.11. The van der Waals surface area contributed by atoms with Crippen molar-refractivity contribution in [2.45, 2.75) is 50.7 Å². The molecule has 32 heavy (non-hydrogen) atoms. The van der Waals surface area contributed by atoms with E-state index in [1.165, 1.54) is 28.7 Å². The van der Waals surface area contributed by atoms with E-state index in [1.54, 1.807) is 0 Å². The normalized spacial score (nSPS) is 17.1. The summed E-state index contributed by atoms with van der Waals surface area (Å²) in [6, 6.07) is 27.9. The maximum atomic E-state index is 10.6. The first-order valence-corrected chi connectivity index (χ1v) is 11.7. The second-order valence-electron chi connectivity index (χ2n) is 9.53. The number of likely N-dealkylation sites (N-methyl/N-ethyl adjacent to an activating group) is 1. The van der Waals surface area contributed by atoms with E-state index in [2.05, 4.69) is 86.5 Å². The van der Waals surface area contributed by atoms with Crippen molar-refractivity contribution in [3.8, 4) is 5.75 Å². The molecule has 0 fully saturated rings. The van der Waals surface area contributed by atoms with E-state index in [0.29, 0.717) is 19.2 Å². The van der Waals surface area contributed by atoms with Crippen molar-refractivity contribution in [1.29, 1.82) is 0 Å². The zero-order chi connectivity index (χ0) is 22.6. The summed E-state index contributed by atoms with van der Waals surface area (Å²) >= 11 is 0. The maximum absolute atomic E-state index is 10.6. The Morgan fingerprint density at radius 2 is 1.59 bits per heavy atom. The van der Waals surface area contributed by atoms with Crippen molar-refractivity contribution < 1.29 is 9.84 Å². The number of nitrogens with zero attached hydrogens (tertiary/aromatic N) is 1. The van der Waals surface area contributed by atoms with Crippen LogP contribution < -0.4 is 4.74 Å². The molecule has 0 aromatic heterocycles. The first-order valence-electron chi connectivity index (χ1n) is 11.7. The lowest BCUT2D eigenvalue weighted by Gasteiger charge is -2.34. The van der Waals surface area contributed by atoms with Gasteiger partial charge in [0.25, 0.3) is 0 Å². The molecule has 1 aliphatic carbocycles. The van der Waals surface area contributed by atoms with Crippen LogP contribution in [0.2, 0.25) is 0 Å². The molecular formula is C29H35NO2. The van der Waals surface area contributed by atoms with Gasteiger partial charge in [0.15, 0.2) is 0 Å². The van der Waals surface area contributed by atoms with Gasteiger partial charge in [-0.25, -0.2) is 0 Å². The van der Waals surface area contributed by atoms with Crippen molar-refractivity contribution in [2.24, 2.45) is 0 Å². The molecule has 0 spiro atoms. The maximum Gasteiger partial charge on any atom is 0.119 e. The smallest absolute Gasteiger partial charge is 0.119 e. The molecule has 0 unspecified atom stereocenters. The first kappa shape index (κ1) is 22.6. The van der Waals surface area contributed by atoms with Gasteiger partial charge in [-0.15, -0.1) is 0 Å². The van der Waals surface area contributed by atoms with Gasteiger partial charge in [0.05, 0.1) is 0 Å². The van der Waals surface area contributed by atoms with Gasteiger partial charge in [-0.2, -0.15) is 0 Å². The molecule has 0 radical (unpaired) electrons. The number of benzene rings is 3. The zero-order valence-electron chi connectivity index (χ0n) is 19.5. The van der Waals surface area contributed by atoms with Crippen LogP contribution in [0, 0.1) is 0 Å². The van der Waals surface area contributed by atoms with E-state index in [1.807, 2.05) is 18.2 Å². The van der Waals surface area contributed by atoms with Crippen LogP contribution in [0.1, 0.15) is 55.0 Å². The van der Waals surface area contributed by atoms with E-state index in [4.69, 9.17) is 4.74 Å². The Labute approximate surface area is 192 Å². The second-order valence-corrected chi connectivity index (χ2v) is 9.53. The van der Waals surface area contributed by atoms with Gasteiger partial charge in [0.1, 0.15) is 18.5 Å². The molecule has 4 rings (SSSR count). The van der Waals surface area contributed by atoms with Crippen LogP contribution in [-0.2, 0) is 11.8 Å². The number of aliphatic hydroxyl groups excluding tert-OH is 1. The summed E-state index contributed by atoms with van der Waals surface area (Å²) in [5, 5.41) is 10.6. The molecule has 2 atom stereocenters. The summed E-state index contributed by atoms with van der Waals surface area (Å²) in [4.78, 5) is 2.28. The zero-order valence-corrected chi connectivity index (χ0v) is 19.5. The number of hydrogen-bond donors (Lipinski definition) is 1. The molecule has 3 aromatic rings. The molecule has 1 N–H and O–H groups in total. The number of fused-ring (bicyclic) bond motifs is 1. The minimum atomic E-state index is -0.533. The van der Waals surface area contributed by atoms with E-state index in [9.17, 15) is 5.11 Å². The third-order valence-electron chi connectivity index (χ3n) is 6.88. The predicted octanol–water partition coefficient (Wildman–Crippen LogP) is 5.76. The topological polar surface area (TPSA) is 32.7 Å². The molecular weight excluding hydrogens is 394 g/mol. The highest BCUT2D eigenvalue weighted by molar-refractivity contribution is 5.40. The summed E-state index contributed by atoms with van der Waals surface area (Å²) < 4.78 is 5.92. The van der Waals surface area contributed by atoms with Gasteiger partial charge in [-0.05, 0) is 60.7 Å². The lowest BCUT2D eigenvalue weighted by atomic mass is 9.78. The highest BCUT2D eigenvalue weighted by Crippen LogP contribution is 2.34. The highest BCUT2D eigenvalue weighted by atomic mass is 16.5. The van der Waals surface area contributed by atoms with Gasteiger partial charge >= 0.3 is 0 Å². The fourth-order valence-corrected chi connectivity index (χ4v) is 4.88. The standard InChI is InChI=1S/C29H35NO2/c1-29(2,23-12-5-4-6-13-23)24-16-18-26(19-17-24)32-21-25(31)20-30(3)28-15-9-11-22-10-7-8-14-27(22)28/h4-8,10,12-14,16-19,25,28,31H,9,11,15,20-21H2,1-3H3/t25-,28+/m0/s1. The Kier molecular flexibility index (Phi) is 6.98. The summed E-state index contributed by atoms with van der Waals surface area (Å²) in [6.45, 7) is 5.36. The van der Waals surface area contributed by atoms with Crippen molar-refractivity contribution >= 4 is 0 Å². The van der Waals surface area contributed by atoms with Crippen LogP contribution in [0.3, 0.4) is 0 Å². The Hall–Kier alpha value is -2.62. The molecule has 1 aliphatic rings. The highest BCUT2D eigenvalue weighted by Gasteiger charge is 2.25. The van der Waals surface area contributed by atoms with E-state index >= 15 is 0 Å². The Morgan fingerprint density at radius 1 is 0.938 bits per heavy atom. The average Bonchev–Trinajstić information content (AvgIpc) is 2.83. The van der Waals surface area contributed by atoms with Gasteiger partial charge < -0.3 is 9.84 Å². The second kappa shape index (κ2) is 9.89. The Morgan fingerprint density at radius 3 is 2.34 bits per heavy atom. The molecule has 0 amide bonds. The number of aliphatic hydroxyl groups is 1. The van der Waals surface area contributed by atoms with Crippen LogP contribution in [0.4, 0.5) is 0 Å². The number of ether oxygens (including phenoxy) is 1. The van der Waals surface area contributed by atoms with Gasteiger partial charge in [0.2, 0.25) is 0 Å². The SMILES string of the molecule is CN(C[C@H](O)COc1ccc(C(C)(C)c2ccccc2)cc1)[C@@H]1CCCc2ccccc21. The first-order chi connectivity index (χ1) is 15.4. The summed E-state index contributed by atoms with van der Waals surface area (Å²) in [6.07, 6.45) is 2.96. The van der Waals surface area contributed by atoms with E-state index in [0.717, 1.165) is 18.6 Å². The fraction of sp³-hybridized carbons (Fsp3) is 0.379. The van der Waals surface area contributed by atoms with Gasteiger partial charge in [-0.3, -0.25) is 4.90 Å². The minimum Gasteiger partial charge on any atom is -0.491 e. The lowest BCUT2D eigenvalue weighted by molar-refractivity contribution is 0.0598. The quantitative estimate of drug-likeness (QED) is 0.494. The molecule has 0 saturated heterocycles. The monoisotopic (exact) mass is 429 g/mol. The van der Waals surface area contributed by atoms with Gasteiger partial charge in [0, 0.05) is 18.0 Å². The van der Waals surface area contributed by atoms with Crippen LogP contribution in [-0.4, -0.2) is 36.3 Å². The van der Waals surface area contributed by atoms with Crippen LogP contribution in [0.25, 0.3) is 0 Å². The number of aryl methyl sites for hydroxylation is 1. The van der Waals surface area contributed by atoms with Gasteiger partial charge in [-0.1, -0.05) is 80.6 Å². The Balaban J connectivity index is 1.32. The predicted molar refractivity (Wildman–Crippen MR) is 131 cm³/mol. The molecule has 168 valence electrons. The van der Waals surface area contributed by atoms with E-state index < -0.39 is 6.10 Å². The molecule has 3 heteroatoms. The Bertz CT molecular complexity index is 997. The lowest BCUT2D eigenvalue weighted by Crippen LogP contribution is -2.36. The average molecular weight is 430 g/mol. The van der Waals surface area contributed by atoms with Crippen LogP contribution >= 0.6 is 0 Å². The summed E-state index contributed by atoms with van der Waals surface area (Å²) in [5.74, 6) is 0.794. The minimum absolute atomic E-state index is 0.0711. The molecule has 3 aromatic carbocycles. The molecule has 0 heterocycles. The molecule has 0 bridgehead atoms. The molecule has 0 aliphatic heterocycles. The van der Waals surface area contributed by atoms with Crippen molar-refractivity contribution in [3.63, 3.8) is 0 Å². The number of rotatable bonds is 8. The van der Waals surface area contributed by atoms with Crippen LogP contribution in [0.5, 0.6) is 5.75 Å². The number of hydrogen-bond acceptors (Lipinski definition) is 3. The third-order valence-corrected chi connectivity index (χ3v) is 6.88. The van der Waals surface area contributed by atoms with Crippen molar-refractivity contribution in [1.82, 2.24) is 4.90 Å². The van der Waals surface area contributed by atoms with Crippen LogP contribution in [0.15, 0.2) is 78.9 Å². The molecule has 0 saturated carbocycles. The van der Waals surface area contributed by atoms with Crippen molar-refractivity contribution in [3.05, 3.63) is 101 Å². The third kappa shape index (κ3) is 5.06. The van der Waals surface area contributed by atoms with E-state index in [-0.39, 0.29) is 5.41 Å². The summed E-state index contributed by atoms with van der Waals surface area (Å²) in [5.41, 5.74) is 5.31. The fourth-order valence-electron chi connectivity index (χ4n) is 4.88. The van der Waals surface area contributed by atoms with Crippen molar-refractivity contribution in [2.75, 3.05) is 20.2 Å².